The highest BCUT2D eigenvalue weighted by atomic mass is 16.5. The van der Waals surface area contributed by atoms with Crippen LogP contribution in [0.25, 0.3) is 0 Å². The van der Waals surface area contributed by atoms with Crippen molar-refractivity contribution in [2.75, 3.05) is 0 Å². The molecule has 22 heavy (non-hydrogen) atoms. The lowest BCUT2D eigenvalue weighted by Crippen LogP contribution is -2.04. The molecule has 0 aromatic heterocycles. The van der Waals surface area contributed by atoms with E-state index in [1.165, 1.54) is 0 Å². The Hall–Kier alpha value is -2.29. The van der Waals surface area contributed by atoms with Gasteiger partial charge in [0.2, 0.25) is 0 Å². The van der Waals surface area contributed by atoms with E-state index < -0.39 is 0 Å². The maximum absolute atomic E-state index is 12.3. The van der Waals surface area contributed by atoms with Crippen LogP contribution < -0.4 is 4.74 Å². The maximum Gasteiger partial charge on any atom is 0.172 e. The molecule has 0 unspecified atom stereocenters. The number of phenolic OH excluding ortho intramolecular Hbond substituents is 1. The summed E-state index contributed by atoms with van der Waals surface area (Å²) in [5, 5.41) is 10.0. The number of benzene rings is 2. The van der Waals surface area contributed by atoms with Crippen molar-refractivity contribution >= 4 is 5.78 Å². The van der Waals surface area contributed by atoms with Crippen molar-refractivity contribution in [3.05, 3.63) is 59.7 Å². The van der Waals surface area contributed by atoms with E-state index in [9.17, 15) is 9.90 Å². The average Bonchev–Trinajstić information content (AvgIpc) is 2.54. The van der Waals surface area contributed by atoms with Crippen molar-refractivity contribution in [2.24, 2.45) is 0 Å². The fraction of sp³-hybridized carbons (Fsp3) is 0.316. The minimum absolute atomic E-state index is 0.0114. The van der Waals surface area contributed by atoms with E-state index in [1.807, 2.05) is 30.3 Å². The monoisotopic (exact) mass is 298 g/mol. The SMILES string of the molecule is CCCCCC(=O)c1cccc(O)c1OCc1ccccc1. The molecule has 2 rings (SSSR count). The number of hydrogen-bond acceptors (Lipinski definition) is 3. The summed E-state index contributed by atoms with van der Waals surface area (Å²) >= 11 is 0. The van der Waals surface area contributed by atoms with Gasteiger partial charge in [0.1, 0.15) is 6.61 Å². The predicted molar refractivity (Wildman–Crippen MR) is 87.4 cm³/mol. The molecule has 2 aromatic rings. The summed E-state index contributed by atoms with van der Waals surface area (Å²) in [5.41, 5.74) is 1.46. The number of Topliss-reactive ketones (excluding diaryl/α,β-unsaturated/α-hetero) is 1. The zero-order valence-corrected chi connectivity index (χ0v) is 12.9. The Bertz CT molecular complexity index is 605. The van der Waals surface area contributed by atoms with Crippen LogP contribution in [0.15, 0.2) is 48.5 Å². The molecule has 0 spiro atoms. The number of ketones is 1. The fourth-order valence-corrected chi connectivity index (χ4v) is 2.30. The largest absolute Gasteiger partial charge is 0.504 e. The van der Waals surface area contributed by atoms with E-state index in [2.05, 4.69) is 6.92 Å². The van der Waals surface area contributed by atoms with Gasteiger partial charge >= 0.3 is 0 Å². The van der Waals surface area contributed by atoms with Gasteiger partial charge in [0.25, 0.3) is 0 Å². The second kappa shape index (κ2) is 8.23. The van der Waals surface area contributed by atoms with Gasteiger partial charge in [0.05, 0.1) is 5.56 Å². The lowest BCUT2D eigenvalue weighted by molar-refractivity contribution is 0.0974. The molecule has 0 bridgehead atoms. The molecule has 1 N–H and O–H groups in total. The molecule has 2 aromatic carbocycles. The highest BCUT2D eigenvalue weighted by molar-refractivity contribution is 5.99. The third-order valence-corrected chi connectivity index (χ3v) is 3.53. The number of rotatable bonds is 8. The Morgan fingerprint density at radius 2 is 1.82 bits per heavy atom. The minimum Gasteiger partial charge on any atom is -0.504 e. The molecular weight excluding hydrogens is 276 g/mol. The van der Waals surface area contributed by atoms with Crippen LogP contribution in [0.5, 0.6) is 11.5 Å². The number of carbonyl (C=O) groups excluding carboxylic acids is 1. The first-order valence-corrected chi connectivity index (χ1v) is 7.74. The molecule has 0 radical (unpaired) electrons. The molecule has 0 fully saturated rings. The number of phenols is 1. The molecule has 0 aliphatic rings. The smallest absolute Gasteiger partial charge is 0.172 e. The number of unbranched alkanes of at least 4 members (excludes halogenated alkanes) is 2. The number of para-hydroxylation sites is 1. The van der Waals surface area contributed by atoms with Crippen LogP contribution in [0.4, 0.5) is 0 Å². The summed E-state index contributed by atoms with van der Waals surface area (Å²) in [6.07, 6.45) is 3.46. The Kier molecular flexibility index (Phi) is 6.01. The van der Waals surface area contributed by atoms with Gasteiger partial charge in [-0.05, 0) is 24.1 Å². The number of hydrogen-bond donors (Lipinski definition) is 1. The Morgan fingerprint density at radius 1 is 1.05 bits per heavy atom. The van der Waals surface area contributed by atoms with Crippen LogP contribution in [0.3, 0.4) is 0 Å². The summed E-state index contributed by atoms with van der Waals surface area (Å²) in [7, 11) is 0. The summed E-state index contributed by atoms with van der Waals surface area (Å²) in [6.45, 7) is 2.43. The quantitative estimate of drug-likeness (QED) is 0.566. The van der Waals surface area contributed by atoms with Crippen LogP contribution in [0, 0.1) is 0 Å². The van der Waals surface area contributed by atoms with Crippen LogP contribution in [-0.2, 0) is 6.61 Å². The summed E-state index contributed by atoms with van der Waals surface area (Å²) in [5.74, 6) is 0.317. The van der Waals surface area contributed by atoms with Gasteiger partial charge in [-0.25, -0.2) is 0 Å². The number of carbonyl (C=O) groups is 1. The van der Waals surface area contributed by atoms with Gasteiger partial charge in [0, 0.05) is 6.42 Å². The summed E-state index contributed by atoms with van der Waals surface area (Å²) in [4.78, 5) is 12.3. The second-order valence-corrected chi connectivity index (χ2v) is 5.31. The predicted octanol–water partition coefficient (Wildman–Crippen LogP) is 4.73. The molecule has 0 saturated heterocycles. The molecule has 116 valence electrons. The first kappa shape index (κ1) is 16.1. The van der Waals surface area contributed by atoms with Crippen LogP contribution in [0.2, 0.25) is 0 Å². The highest BCUT2D eigenvalue weighted by Crippen LogP contribution is 2.32. The van der Waals surface area contributed by atoms with Gasteiger partial charge in [-0.2, -0.15) is 0 Å². The first-order valence-electron chi connectivity index (χ1n) is 7.74. The minimum atomic E-state index is 0.0114. The van der Waals surface area contributed by atoms with Gasteiger partial charge in [-0.1, -0.05) is 56.2 Å². The number of aromatic hydroxyl groups is 1. The molecule has 0 aliphatic heterocycles. The first-order chi connectivity index (χ1) is 10.7. The Morgan fingerprint density at radius 3 is 2.55 bits per heavy atom. The van der Waals surface area contributed by atoms with Crippen molar-refractivity contribution in [1.29, 1.82) is 0 Å². The molecule has 0 amide bonds. The van der Waals surface area contributed by atoms with Crippen LogP contribution >= 0.6 is 0 Å². The molecule has 3 heteroatoms. The Labute approximate surface area is 131 Å². The van der Waals surface area contributed by atoms with Crippen LogP contribution in [-0.4, -0.2) is 10.9 Å². The van der Waals surface area contributed by atoms with Crippen molar-refractivity contribution < 1.29 is 14.6 Å². The van der Waals surface area contributed by atoms with E-state index in [0.717, 1.165) is 24.8 Å². The van der Waals surface area contributed by atoms with Crippen LogP contribution in [0.1, 0.15) is 48.5 Å². The lowest BCUT2D eigenvalue weighted by Gasteiger charge is -2.12. The van der Waals surface area contributed by atoms with Gasteiger partial charge in [-0.3, -0.25) is 4.79 Å². The number of ether oxygens (including phenoxy) is 1. The van der Waals surface area contributed by atoms with E-state index in [0.29, 0.717) is 18.6 Å². The van der Waals surface area contributed by atoms with Crippen molar-refractivity contribution in [3.8, 4) is 11.5 Å². The molecular formula is C19H22O3. The zero-order chi connectivity index (χ0) is 15.8. The standard InChI is InChI=1S/C19H22O3/c1-2-3-5-12-17(20)16-11-8-13-18(21)19(16)22-14-15-9-6-4-7-10-15/h4,6-11,13,21H,2-3,5,12,14H2,1H3. The normalized spacial score (nSPS) is 10.4. The van der Waals surface area contributed by atoms with Gasteiger partial charge in [0.15, 0.2) is 17.3 Å². The third-order valence-electron chi connectivity index (χ3n) is 3.53. The molecule has 0 atom stereocenters. The van der Waals surface area contributed by atoms with E-state index in [4.69, 9.17) is 4.74 Å². The van der Waals surface area contributed by atoms with E-state index in [1.54, 1.807) is 18.2 Å². The summed E-state index contributed by atoms with van der Waals surface area (Å²) in [6, 6.07) is 14.6. The highest BCUT2D eigenvalue weighted by Gasteiger charge is 2.16. The van der Waals surface area contributed by atoms with Crippen molar-refractivity contribution in [1.82, 2.24) is 0 Å². The molecule has 0 aliphatic carbocycles. The van der Waals surface area contributed by atoms with E-state index in [-0.39, 0.29) is 17.3 Å². The average molecular weight is 298 g/mol. The summed E-state index contributed by atoms with van der Waals surface area (Å²) < 4.78 is 5.71. The molecule has 3 nitrogen and oxygen atoms in total. The molecule has 0 saturated carbocycles. The van der Waals surface area contributed by atoms with E-state index >= 15 is 0 Å². The lowest BCUT2D eigenvalue weighted by atomic mass is 10.0. The van der Waals surface area contributed by atoms with Crippen molar-refractivity contribution in [2.45, 2.75) is 39.2 Å². The second-order valence-electron chi connectivity index (χ2n) is 5.31. The zero-order valence-electron chi connectivity index (χ0n) is 12.9. The maximum atomic E-state index is 12.3. The topological polar surface area (TPSA) is 46.5 Å². The molecule has 0 heterocycles. The van der Waals surface area contributed by atoms with Gasteiger partial charge < -0.3 is 9.84 Å². The van der Waals surface area contributed by atoms with Gasteiger partial charge in [-0.15, -0.1) is 0 Å². The Balaban J connectivity index is 2.10. The fourth-order valence-electron chi connectivity index (χ4n) is 2.30. The van der Waals surface area contributed by atoms with Crippen molar-refractivity contribution in [3.63, 3.8) is 0 Å². The third kappa shape index (κ3) is 4.35.